The second-order valence-electron chi connectivity index (χ2n) is 8.95. The number of carbonyl (C=O) groups is 2. The first-order valence-corrected chi connectivity index (χ1v) is 11.8. The van der Waals surface area contributed by atoms with E-state index in [0.29, 0.717) is 13.1 Å². The minimum Gasteiger partial charge on any atom is -0.444 e. The average molecular weight is 419 g/mol. The van der Waals surface area contributed by atoms with Crippen LogP contribution in [0.3, 0.4) is 0 Å². The van der Waals surface area contributed by atoms with Gasteiger partial charge in [0.1, 0.15) is 5.60 Å². The van der Waals surface area contributed by atoms with E-state index in [4.69, 9.17) is 4.74 Å². The van der Waals surface area contributed by atoms with E-state index in [1.54, 1.807) is 16.7 Å². The third kappa shape index (κ3) is 5.47. The van der Waals surface area contributed by atoms with Gasteiger partial charge in [-0.25, -0.2) is 4.79 Å². The van der Waals surface area contributed by atoms with Gasteiger partial charge in [-0.1, -0.05) is 31.9 Å². The van der Waals surface area contributed by atoms with Gasteiger partial charge in [-0.15, -0.1) is 11.8 Å². The zero-order valence-corrected chi connectivity index (χ0v) is 19.0. The van der Waals surface area contributed by atoms with Crippen molar-refractivity contribution in [1.82, 2.24) is 9.80 Å². The van der Waals surface area contributed by atoms with Gasteiger partial charge in [0.2, 0.25) is 0 Å². The number of benzene rings is 1. The normalized spacial score (nSPS) is 20.1. The number of rotatable bonds is 5. The Morgan fingerprint density at radius 3 is 2.48 bits per heavy atom. The maximum absolute atomic E-state index is 13.7. The third-order valence-electron chi connectivity index (χ3n) is 5.58. The lowest BCUT2D eigenvalue weighted by molar-refractivity contribution is 0.0265. The molecule has 160 valence electrons. The Morgan fingerprint density at radius 2 is 1.83 bits per heavy atom. The van der Waals surface area contributed by atoms with Crippen LogP contribution in [0.15, 0.2) is 29.2 Å². The number of carbonyl (C=O) groups excluding carboxylic acids is 2. The lowest BCUT2D eigenvalue weighted by atomic mass is 10.1. The van der Waals surface area contributed by atoms with Crippen molar-refractivity contribution in [3.8, 4) is 0 Å². The first-order valence-electron chi connectivity index (χ1n) is 10.8. The van der Waals surface area contributed by atoms with Gasteiger partial charge in [0.25, 0.3) is 5.91 Å². The summed E-state index contributed by atoms with van der Waals surface area (Å²) in [6.07, 6.45) is 4.98. The van der Waals surface area contributed by atoms with Gasteiger partial charge < -0.3 is 14.5 Å². The minimum absolute atomic E-state index is 0.0535. The van der Waals surface area contributed by atoms with Crippen molar-refractivity contribution in [2.45, 2.75) is 82.4 Å². The highest BCUT2D eigenvalue weighted by atomic mass is 32.2. The molecule has 0 N–H and O–H groups in total. The molecule has 2 fully saturated rings. The Kier molecular flexibility index (Phi) is 7.14. The van der Waals surface area contributed by atoms with E-state index in [-0.39, 0.29) is 24.1 Å². The molecule has 0 radical (unpaired) electrons. The van der Waals surface area contributed by atoms with Crippen molar-refractivity contribution < 1.29 is 14.3 Å². The van der Waals surface area contributed by atoms with Crippen LogP contribution in [0.5, 0.6) is 0 Å². The summed E-state index contributed by atoms with van der Waals surface area (Å²) in [5.41, 5.74) is 0.286. The number of likely N-dealkylation sites (tertiary alicyclic amines) is 1. The average Bonchev–Trinajstić information content (AvgIpc) is 3.34. The first kappa shape index (κ1) is 22.0. The third-order valence-corrected chi connectivity index (χ3v) is 6.53. The zero-order valence-electron chi connectivity index (χ0n) is 18.1. The summed E-state index contributed by atoms with van der Waals surface area (Å²) < 4.78 is 5.55. The number of hydrogen-bond donors (Lipinski definition) is 0. The number of amides is 2. The molecule has 6 heteroatoms. The standard InChI is InChI=1S/C23H34N2O3S/c1-5-29-20-13-9-8-12-19(20)21(26)25(17-10-6-7-11-17)18-14-15-24(16-18)22(27)28-23(2,3)4/h8-9,12-13,17-18H,5-7,10-11,14-16H2,1-4H3/t18-/m0/s1. The lowest BCUT2D eigenvalue weighted by Crippen LogP contribution is -2.48. The van der Waals surface area contributed by atoms with Gasteiger partial charge >= 0.3 is 6.09 Å². The molecule has 1 aromatic rings. The Labute approximate surface area is 179 Å². The predicted octanol–water partition coefficient (Wildman–Crippen LogP) is 5.19. The molecule has 1 aliphatic carbocycles. The fourth-order valence-electron chi connectivity index (χ4n) is 4.34. The van der Waals surface area contributed by atoms with Gasteiger partial charge in [0, 0.05) is 24.0 Å². The van der Waals surface area contributed by atoms with Crippen LogP contribution in [0, 0.1) is 0 Å². The van der Waals surface area contributed by atoms with Gasteiger partial charge in [0.05, 0.1) is 11.6 Å². The van der Waals surface area contributed by atoms with Crippen LogP contribution >= 0.6 is 11.8 Å². The quantitative estimate of drug-likeness (QED) is 0.617. The molecule has 1 atom stereocenters. The van der Waals surface area contributed by atoms with Crippen molar-refractivity contribution in [2.75, 3.05) is 18.8 Å². The molecular weight excluding hydrogens is 384 g/mol. The lowest BCUT2D eigenvalue weighted by Gasteiger charge is -2.35. The summed E-state index contributed by atoms with van der Waals surface area (Å²) in [5, 5.41) is 0. The van der Waals surface area contributed by atoms with E-state index < -0.39 is 5.60 Å². The first-order chi connectivity index (χ1) is 13.8. The van der Waals surface area contributed by atoms with Crippen molar-refractivity contribution in [2.24, 2.45) is 0 Å². The molecule has 1 aromatic carbocycles. The molecule has 1 aliphatic heterocycles. The second kappa shape index (κ2) is 9.41. The minimum atomic E-state index is -0.507. The molecule has 1 heterocycles. The topological polar surface area (TPSA) is 49.9 Å². The van der Waals surface area contributed by atoms with E-state index in [9.17, 15) is 9.59 Å². The summed E-state index contributed by atoms with van der Waals surface area (Å²) >= 11 is 1.71. The summed E-state index contributed by atoms with van der Waals surface area (Å²) in [6, 6.07) is 8.25. The van der Waals surface area contributed by atoms with Crippen LogP contribution in [0.1, 0.15) is 70.2 Å². The van der Waals surface area contributed by atoms with Crippen LogP contribution in [-0.4, -0.2) is 58.3 Å². The van der Waals surface area contributed by atoms with Crippen LogP contribution in [0.25, 0.3) is 0 Å². The molecule has 2 aliphatic rings. The maximum Gasteiger partial charge on any atom is 0.410 e. The van der Waals surface area contributed by atoms with Crippen LogP contribution in [0.2, 0.25) is 0 Å². The van der Waals surface area contributed by atoms with E-state index in [1.165, 1.54) is 12.8 Å². The SMILES string of the molecule is CCSc1ccccc1C(=O)N(C1CCCC1)[C@H]1CCN(C(=O)OC(C)(C)C)C1. The van der Waals surface area contributed by atoms with Crippen molar-refractivity contribution in [1.29, 1.82) is 0 Å². The molecular formula is C23H34N2O3S. The van der Waals surface area contributed by atoms with Gasteiger partial charge in [0.15, 0.2) is 0 Å². The van der Waals surface area contributed by atoms with Crippen molar-refractivity contribution >= 4 is 23.8 Å². The van der Waals surface area contributed by atoms with E-state index >= 15 is 0 Å². The monoisotopic (exact) mass is 418 g/mol. The molecule has 0 aromatic heterocycles. The number of thioether (sulfide) groups is 1. The molecule has 0 unspecified atom stereocenters. The summed E-state index contributed by atoms with van der Waals surface area (Å²) in [4.78, 5) is 31.1. The van der Waals surface area contributed by atoms with E-state index in [2.05, 4.69) is 11.8 Å². The van der Waals surface area contributed by atoms with E-state index in [0.717, 1.165) is 35.5 Å². The molecule has 29 heavy (non-hydrogen) atoms. The second-order valence-corrected chi connectivity index (χ2v) is 10.3. The zero-order chi connectivity index (χ0) is 21.0. The van der Waals surface area contributed by atoms with E-state index in [1.807, 2.05) is 45.0 Å². The highest BCUT2D eigenvalue weighted by Gasteiger charge is 2.39. The Bertz CT molecular complexity index is 725. The number of ether oxygens (including phenoxy) is 1. The summed E-state index contributed by atoms with van der Waals surface area (Å²) in [6.45, 7) is 8.96. The maximum atomic E-state index is 13.7. The number of nitrogens with zero attached hydrogens (tertiary/aromatic N) is 2. The van der Waals surface area contributed by atoms with Gasteiger partial charge in [-0.05, 0) is 57.9 Å². The fourth-order valence-corrected chi connectivity index (χ4v) is 5.13. The predicted molar refractivity (Wildman–Crippen MR) is 117 cm³/mol. The molecule has 3 rings (SSSR count). The summed E-state index contributed by atoms with van der Waals surface area (Å²) in [7, 11) is 0. The van der Waals surface area contributed by atoms with Crippen LogP contribution < -0.4 is 0 Å². The van der Waals surface area contributed by atoms with Gasteiger partial charge in [-0.2, -0.15) is 0 Å². The largest absolute Gasteiger partial charge is 0.444 e. The Balaban J connectivity index is 1.80. The molecule has 0 bridgehead atoms. The molecule has 1 saturated carbocycles. The Morgan fingerprint density at radius 1 is 1.14 bits per heavy atom. The highest BCUT2D eigenvalue weighted by Crippen LogP contribution is 2.32. The molecule has 2 amide bonds. The molecule has 0 spiro atoms. The molecule has 5 nitrogen and oxygen atoms in total. The summed E-state index contributed by atoms with van der Waals surface area (Å²) in [5.74, 6) is 1.05. The van der Waals surface area contributed by atoms with Crippen LogP contribution in [0.4, 0.5) is 4.79 Å². The Hall–Kier alpha value is -1.69. The van der Waals surface area contributed by atoms with Gasteiger partial charge in [-0.3, -0.25) is 4.79 Å². The smallest absolute Gasteiger partial charge is 0.410 e. The highest BCUT2D eigenvalue weighted by molar-refractivity contribution is 7.99. The fraction of sp³-hybridized carbons (Fsp3) is 0.652. The molecule has 1 saturated heterocycles. The van der Waals surface area contributed by atoms with Crippen molar-refractivity contribution in [3.05, 3.63) is 29.8 Å². The van der Waals surface area contributed by atoms with Crippen LogP contribution in [-0.2, 0) is 4.74 Å². The van der Waals surface area contributed by atoms with Crippen molar-refractivity contribution in [3.63, 3.8) is 0 Å². The number of hydrogen-bond acceptors (Lipinski definition) is 4.